The van der Waals surface area contributed by atoms with Crippen molar-refractivity contribution in [2.75, 3.05) is 19.5 Å². The molecule has 2 aromatic rings. The number of amides is 1. The molecule has 0 unspecified atom stereocenters. The van der Waals surface area contributed by atoms with Crippen LogP contribution in [0.15, 0.2) is 66.3 Å². The Morgan fingerprint density at radius 3 is 2.36 bits per heavy atom. The Hall–Kier alpha value is -3.52. The Balaban J connectivity index is 2.15. The molecule has 25 heavy (non-hydrogen) atoms. The molecular formula is C20H18N2O3. The van der Waals surface area contributed by atoms with Gasteiger partial charge in [-0.2, -0.15) is 5.26 Å². The number of hydrogen-bond acceptors (Lipinski definition) is 4. The number of nitrogens with one attached hydrogen (secondary N) is 1. The molecule has 5 heteroatoms. The van der Waals surface area contributed by atoms with E-state index in [0.29, 0.717) is 17.2 Å². The molecule has 1 N–H and O–H groups in total. The third-order valence-corrected chi connectivity index (χ3v) is 3.40. The highest BCUT2D eigenvalue weighted by atomic mass is 16.5. The number of rotatable bonds is 6. The zero-order chi connectivity index (χ0) is 18.1. The van der Waals surface area contributed by atoms with Gasteiger partial charge in [0.2, 0.25) is 0 Å². The molecule has 0 aromatic heterocycles. The van der Waals surface area contributed by atoms with Crippen molar-refractivity contribution in [1.82, 2.24) is 0 Å². The van der Waals surface area contributed by atoms with Gasteiger partial charge in [0.25, 0.3) is 5.91 Å². The predicted octanol–water partition coefficient (Wildman–Crippen LogP) is 3.81. The van der Waals surface area contributed by atoms with E-state index in [-0.39, 0.29) is 5.57 Å². The Kier molecular flexibility index (Phi) is 6.38. The summed E-state index contributed by atoms with van der Waals surface area (Å²) in [6.45, 7) is 0. The van der Waals surface area contributed by atoms with Crippen LogP contribution >= 0.6 is 0 Å². The van der Waals surface area contributed by atoms with Crippen LogP contribution in [0.3, 0.4) is 0 Å². The van der Waals surface area contributed by atoms with Crippen LogP contribution in [-0.2, 0) is 4.79 Å². The first-order chi connectivity index (χ1) is 12.2. The van der Waals surface area contributed by atoms with E-state index in [0.717, 1.165) is 5.56 Å². The first-order valence-electron chi connectivity index (χ1n) is 7.55. The van der Waals surface area contributed by atoms with Crippen molar-refractivity contribution >= 4 is 17.7 Å². The largest absolute Gasteiger partial charge is 0.496 e. The lowest BCUT2D eigenvalue weighted by Gasteiger charge is -2.08. The summed E-state index contributed by atoms with van der Waals surface area (Å²) in [5.74, 6) is 0.735. The van der Waals surface area contributed by atoms with Crippen LogP contribution in [0.5, 0.6) is 11.5 Å². The molecule has 0 atom stereocenters. The highest BCUT2D eigenvalue weighted by Gasteiger charge is 2.11. The van der Waals surface area contributed by atoms with Gasteiger partial charge in [0.05, 0.1) is 19.9 Å². The number of anilines is 1. The summed E-state index contributed by atoms with van der Waals surface area (Å²) >= 11 is 0. The normalized spacial score (nSPS) is 11.0. The predicted molar refractivity (Wildman–Crippen MR) is 97.3 cm³/mol. The molecule has 126 valence electrons. The van der Waals surface area contributed by atoms with Gasteiger partial charge < -0.3 is 14.8 Å². The Morgan fingerprint density at radius 2 is 1.68 bits per heavy atom. The number of carbonyl (C=O) groups is 1. The van der Waals surface area contributed by atoms with E-state index in [1.54, 1.807) is 43.5 Å². The molecular weight excluding hydrogens is 316 g/mol. The van der Waals surface area contributed by atoms with Crippen LogP contribution in [0.25, 0.3) is 6.08 Å². The van der Waals surface area contributed by atoms with Crippen LogP contribution in [0, 0.1) is 11.3 Å². The van der Waals surface area contributed by atoms with Crippen molar-refractivity contribution < 1.29 is 14.3 Å². The molecule has 0 aliphatic heterocycles. The highest BCUT2D eigenvalue weighted by Crippen LogP contribution is 2.23. The number of hydrogen-bond donors (Lipinski definition) is 1. The first kappa shape index (κ1) is 17.8. The molecule has 0 aliphatic rings. The first-order valence-corrected chi connectivity index (χ1v) is 7.55. The van der Waals surface area contributed by atoms with Crippen molar-refractivity contribution in [3.05, 3.63) is 71.8 Å². The zero-order valence-electron chi connectivity index (χ0n) is 14.0. The van der Waals surface area contributed by atoms with Gasteiger partial charge in [-0.25, -0.2) is 0 Å². The lowest BCUT2D eigenvalue weighted by molar-refractivity contribution is -0.112. The van der Waals surface area contributed by atoms with Crippen molar-refractivity contribution in [1.29, 1.82) is 5.26 Å². The molecule has 0 spiro atoms. The van der Waals surface area contributed by atoms with Gasteiger partial charge in [-0.15, -0.1) is 0 Å². The van der Waals surface area contributed by atoms with Crippen LogP contribution in [-0.4, -0.2) is 20.1 Å². The number of allylic oxidation sites excluding steroid dienone is 2. The SMILES string of the molecule is COc1ccccc1/C=C/C=C(\C#N)C(=O)Nc1ccccc1OC. The Morgan fingerprint density at radius 1 is 1.04 bits per heavy atom. The maximum atomic E-state index is 12.3. The molecule has 1 amide bonds. The fraction of sp³-hybridized carbons (Fsp3) is 0.100. The number of para-hydroxylation sites is 3. The average Bonchev–Trinajstić information content (AvgIpc) is 2.65. The highest BCUT2D eigenvalue weighted by molar-refractivity contribution is 6.07. The summed E-state index contributed by atoms with van der Waals surface area (Å²) in [6.07, 6.45) is 4.86. The van der Waals surface area contributed by atoms with Crippen LogP contribution < -0.4 is 14.8 Å². The summed E-state index contributed by atoms with van der Waals surface area (Å²) in [6, 6.07) is 16.4. The molecule has 2 rings (SSSR count). The van der Waals surface area contributed by atoms with Gasteiger partial charge in [-0.3, -0.25) is 4.79 Å². The third kappa shape index (κ3) is 4.72. The monoisotopic (exact) mass is 334 g/mol. The maximum Gasteiger partial charge on any atom is 0.266 e. The van der Waals surface area contributed by atoms with E-state index in [9.17, 15) is 10.1 Å². The van der Waals surface area contributed by atoms with Crippen molar-refractivity contribution in [3.63, 3.8) is 0 Å². The number of benzene rings is 2. The van der Waals surface area contributed by atoms with E-state index in [4.69, 9.17) is 9.47 Å². The Bertz CT molecular complexity index is 848. The van der Waals surface area contributed by atoms with E-state index in [1.807, 2.05) is 30.3 Å². The smallest absolute Gasteiger partial charge is 0.266 e. The third-order valence-electron chi connectivity index (χ3n) is 3.40. The second kappa shape index (κ2) is 8.94. The molecule has 0 saturated carbocycles. The van der Waals surface area contributed by atoms with Crippen molar-refractivity contribution in [2.24, 2.45) is 0 Å². The summed E-state index contributed by atoms with van der Waals surface area (Å²) < 4.78 is 10.4. The molecule has 0 heterocycles. The van der Waals surface area contributed by atoms with Crippen LogP contribution in [0.1, 0.15) is 5.56 Å². The van der Waals surface area contributed by atoms with Gasteiger partial charge in [0, 0.05) is 5.56 Å². The van der Waals surface area contributed by atoms with E-state index >= 15 is 0 Å². The Labute approximate surface area is 146 Å². The van der Waals surface area contributed by atoms with E-state index in [2.05, 4.69) is 5.32 Å². The fourth-order valence-electron chi connectivity index (χ4n) is 2.15. The molecule has 2 aromatic carbocycles. The summed E-state index contributed by atoms with van der Waals surface area (Å²) in [5, 5.41) is 11.9. The summed E-state index contributed by atoms with van der Waals surface area (Å²) in [4.78, 5) is 12.3. The standard InChI is InChI=1S/C20H18N2O3/c1-24-18-12-5-3-8-15(18)9-7-10-16(14-21)20(23)22-17-11-4-6-13-19(17)25-2/h3-13H,1-2H3,(H,22,23)/b9-7+,16-10+. The molecule has 5 nitrogen and oxygen atoms in total. The summed E-state index contributed by atoms with van der Waals surface area (Å²) in [7, 11) is 3.10. The molecule has 0 bridgehead atoms. The van der Waals surface area contributed by atoms with Gasteiger partial charge in [-0.05, 0) is 24.3 Å². The molecule has 0 radical (unpaired) electrons. The van der Waals surface area contributed by atoms with E-state index < -0.39 is 5.91 Å². The number of nitrogens with zero attached hydrogens (tertiary/aromatic N) is 1. The van der Waals surface area contributed by atoms with Crippen molar-refractivity contribution in [3.8, 4) is 17.6 Å². The number of ether oxygens (including phenoxy) is 2. The molecule has 0 fully saturated rings. The second-order valence-corrected chi connectivity index (χ2v) is 4.95. The van der Waals surface area contributed by atoms with Crippen LogP contribution in [0.2, 0.25) is 0 Å². The number of carbonyl (C=O) groups excluding carboxylic acids is 1. The summed E-state index contributed by atoms with van der Waals surface area (Å²) in [5.41, 5.74) is 1.34. The van der Waals surface area contributed by atoms with Gasteiger partial charge >= 0.3 is 0 Å². The van der Waals surface area contributed by atoms with Crippen LogP contribution in [0.4, 0.5) is 5.69 Å². The molecule has 0 aliphatic carbocycles. The average molecular weight is 334 g/mol. The lowest BCUT2D eigenvalue weighted by Crippen LogP contribution is -2.14. The van der Waals surface area contributed by atoms with Gasteiger partial charge in [-0.1, -0.05) is 42.5 Å². The minimum atomic E-state index is -0.503. The van der Waals surface area contributed by atoms with Gasteiger partial charge in [0.15, 0.2) is 0 Å². The fourth-order valence-corrected chi connectivity index (χ4v) is 2.15. The maximum absolute atomic E-state index is 12.3. The number of methoxy groups -OCH3 is 2. The van der Waals surface area contributed by atoms with Gasteiger partial charge in [0.1, 0.15) is 23.1 Å². The second-order valence-electron chi connectivity index (χ2n) is 4.95. The molecule has 0 saturated heterocycles. The van der Waals surface area contributed by atoms with E-state index in [1.165, 1.54) is 13.2 Å². The van der Waals surface area contributed by atoms with Crippen molar-refractivity contribution in [2.45, 2.75) is 0 Å². The zero-order valence-corrected chi connectivity index (χ0v) is 14.0. The topological polar surface area (TPSA) is 71.3 Å². The minimum absolute atomic E-state index is 0.0166. The lowest BCUT2D eigenvalue weighted by atomic mass is 10.1. The number of nitriles is 1. The minimum Gasteiger partial charge on any atom is -0.496 e. The quantitative estimate of drug-likeness (QED) is 0.495.